The summed E-state index contributed by atoms with van der Waals surface area (Å²) >= 11 is 3.69. The smallest absolute Gasteiger partial charge is 0.168 e. The second-order valence-corrected chi connectivity index (χ2v) is 7.15. The lowest BCUT2D eigenvalue weighted by molar-refractivity contribution is 0.647. The molecule has 1 aromatic heterocycles. The maximum atomic E-state index is 4.61. The average Bonchev–Trinajstić information content (AvgIpc) is 3.12. The van der Waals surface area contributed by atoms with Gasteiger partial charge in [-0.2, -0.15) is 0 Å². The van der Waals surface area contributed by atoms with Crippen LogP contribution in [0.3, 0.4) is 0 Å². The Morgan fingerprint density at radius 2 is 2.25 bits per heavy atom. The van der Waals surface area contributed by atoms with Gasteiger partial charge in [-0.1, -0.05) is 24.8 Å². The van der Waals surface area contributed by atoms with Gasteiger partial charge in [0, 0.05) is 16.1 Å². The predicted octanol–water partition coefficient (Wildman–Crippen LogP) is 4.71. The van der Waals surface area contributed by atoms with Gasteiger partial charge < -0.3 is 4.90 Å². The molecule has 2 aliphatic heterocycles. The average molecular weight is 300 g/mol. The number of thioether (sulfide) groups is 1. The molecular formula is C16H16N2S2. The normalized spacial score (nSPS) is 18.1. The highest BCUT2D eigenvalue weighted by Crippen LogP contribution is 2.43. The van der Waals surface area contributed by atoms with Gasteiger partial charge in [-0.25, -0.2) is 0 Å². The summed E-state index contributed by atoms with van der Waals surface area (Å²) in [5.41, 5.74) is 4.11. The fourth-order valence-corrected chi connectivity index (χ4v) is 4.95. The molecule has 4 heteroatoms. The molecule has 2 aromatic rings. The first-order valence-corrected chi connectivity index (χ1v) is 8.68. The van der Waals surface area contributed by atoms with Gasteiger partial charge in [0.05, 0.1) is 12.2 Å². The van der Waals surface area contributed by atoms with Crippen molar-refractivity contribution >= 4 is 44.0 Å². The molecule has 0 bridgehead atoms. The molecule has 1 aromatic carbocycles. The third kappa shape index (κ3) is 1.75. The molecule has 3 heterocycles. The Balaban J connectivity index is 1.88. The van der Waals surface area contributed by atoms with Crippen molar-refractivity contribution in [3.63, 3.8) is 0 Å². The Hall–Kier alpha value is -1.26. The van der Waals surface area contributed by atoms with E-state index in [2.05, 4.69) is 47.3 Å². The van der Waals surface area contributed by atoms with Crippen LogP contribution in [0.1, 0.15) is 24.5 Å². The molecule has 0 radical (unpaired) electrons. The summed E-state index contributed by atoms with van der Waals surface area (Å²) < 4.78 is 1.38. The van der Waals surface area contributed by atoms with E-state index in [9.17, 15) is 0 Å². The van der Waals surface area contributed by atoms with Crippen LogP contribution in [0.4, 0.5) is 0 Å². The molecule has 0 N–H and O–H groups in total. The number of thiophene rings is 1. The van der Waals surface area contributed by atoms with Gasteiger partial charge in [0.2, 0.25) is 0 Å². The van der Waals surface area contributed by atoms with Crippen LogP contribution in [0.15, 0.2) is 33.5 Å². The molecule has 2 nitrogen and oxygen atoms in total. The van der Waals surface area contributed by atoms with Crippen LogP contribution >= 0.6 is 23.1 Å². The Kier molecular flexibility index (Phi) is 2.89. The molecule has 4 rings (SSSR count). The summed E-state index contributed by atoms with van der Waals surface area (Å²) in [5.74, 6) is 0. The second kappa shape index (κ2) is 4.64. The summed E-state index contributed by atoms with van der Waals surface area (Å²) in [7, 11) is 0. The van der Waals surface area contributed by atoms with Gasteiger partial charge in [-0.15, -0.1) is 11.3 Å². The van der Waals surface area contributed by atoms with E-state index in [-0.39, 0.29) is 0 Å². The molecule has 0 atom stereocenters. The van der Waals surface area contributed by atoms with Crippen molar-refractivity contribution in [3.8, 4) is 0 Å². The summed E-state index contributed by atoms with van der Waals surface area (Å²) in [6.45, 7) is 6.40. The Bertz CT molecular complexity index is 755. The third-order valence-corrected chi connectivity index (χ3v) is 6.25. The number of aliphatic imine (C=N–C) groups is 1. The highest BCUT2D eigenvalue weighted by atomic mass is 32.2. The zero-order chi connectivity index (χ0) is 13.7. The van der Waals surface area contributed by atoms with Crippen molar-refractivity contribution in [2.45, 2.75) is 20.3 Å². The largest absolute Gasteiger partial charge is 0.318 e. The molecule has 0 saturated heterocycles. The highest BCUT2D eigenvalue weighted by Gasteiger charge is 2.32. The zero-order valence-electron chi connectivity index (χ0n) is 11.6. The van der Waals surface area contributed by atoms with Crippen LogP contribution in [-0.2, 0) is 0 Å². The molecule has 102 valence electrons. The summed E-state index contributed by atoms with van der Waals surface area (Å²) in [4.78, 5) is 8.46. The van der Waals surface area contributed by atoms with E-state index in [1.807, 2.05) is 23.1 Å². The van der Waals surface area contributed by atoms with Gasteiger partial charge in [-0.05, 0) is 47.4 Å². The van der Waals surface area contributed by atoms with E-state index >= 15 is 0 Å². The minimum Gasteiger partial charge on any atom is -0.318 e. The Morgan fingerprint density at radius 1 is 1.35 bits per heavy atom. The Labute approximate surface area is 127 Å². The molecule has 0 saturated carbocycles. The monoisotopic (exact) mass is 300 g/mol. The van der Waals surface area contributed by atoms with Crippen molar-refractivity contribution in [2.75, 3.05) is 13.1 Å². The minimum atomic E-state index is 0.933. The summed E-state index contributed by atoms with van der Waals surface area (Å²) in [6, 6.07) is 6.89. The van der Waals surface area contributed by atoms with Crippen LogP contribution in [0.2, 0.25) is 0 Å². The fourth-order valence-electron chi connectivity index (χ4n) is 2.89. The maximum Gasteiger partial charge on any atom is 0.168 e. The van der Waals surface area contributed by atoms with Crippen molar-refractivity contribution < 1.29 is 0 Å². The van der Waals surface area contributed by atoms with Gasteiger partial charge >= 0.3 is 0 Å². The zero-order valence-corrected chi connectivity index (χ0v) is 13.3. The highest BCUT2D eigenvalue weighted by molar-refractivity contribution is 8.17. The molecule has 0 spiro atoms. The maximum absolute atomic E-state index is 4.61. The molecule has 20 heavy (non-hydrogen) atoms. The first-order chi connectivity index (χ1) is 9.78. The summed E-state index contributed by atoms with van der Waals surface area (Å²) in [5, 5.41) is 4.83. The third-order valence-electron chi connectivity index (χ3n) is 3.91. The number of hydrogen-bond acceptors (Lipinski definition) is 4. The van der Waals surface area contributed by atoms with Gasteiger partial charge in [0.15, 0.2) is 5.17 Å². The van der Waals surface area contributed by atoms with E-state index < -0.39 is 0 Å². The molecule has 0 fully saturated rings. The fraction of sp³-hybridized carbons (Fsp3) is 0.312. The topological polar surface area (TPSA) is 15.6 Å². The quantitative estimate of drug-likeness (QED) is 0.798. The predicted molar refractivity (Wildman–Crippen MR) is 90.4 cm³/mol. The van der Waals surface area contributed by atoms with Gasteiger partial charge in [0.25, 0.3) is 0 Å². The van der Waals surface area contributed by atoms with Gasteiger partial charge in [-0.3, -0.25) is 4.99 Å². The molecule has 0 unspecified atom stereocenters. The summed E-state index contributed by atoms with van der Waals surface area (Å²) in [6.07, 6.45) is 1.08. The number of amidine groups is 1. The van der Waals surface area contributed by atoms with E-state index in [1.54, 1.807) is 0 Å². The first-order valence-electron chi connectivity index (χ1n) is 6.99. The number of allylic oxidation sites excluding steroid dienone is 1. The first kappa shape index (κ1) is 12.5. The van der Waals surface area contributed by atoms with E-state index in [0.29, 0.717) is 0 Å². The van der Waals surface area contributed by atoms with Crippen LogP contribution in [-0.4, -0.2) is 23.2 Å². The van der Waals surface area contributed by atoms with Crippen molar-refractivity contribution in [1.82, 2.24) is 4.90 Å². The lowest BCUT2D eigenvalue weighted by atomic mass is 10.1. The van der Waals surface area contributed by atoms with E-state index in [1.165, 1.54) is 37.0 Å². The molecule has 0 amide bonds. The lowest BCUT2D eigenvalue weighted by Crippen LogP contribution is -2.19. The number of benzene rings is 1. The van der Waals surface area contributed by atoms with Crippen LogP contribution in [0, 0.1) is 6.92 Å². The van der Waals surface area contributed by atoms with Crippen LogP contribution in [0.5, 0.6) is 0 Å². The van der Waals surface area contributed by atoms with Crippen molar-refractivity contribution in [1.29, 1.82) is 0 Å². The van der Waals surface area contributed by atoms with E-state index in [0.717, 1.165) is 19.5 Å². The standard InChI is InChI=1S/C16H16N2S2/c1-3-13-15(18-7-6-17-16(18)20-13)11-4-5-14-12(8-11)10(2)9-19-14/h4-5,8-9H,3,6-7H2,1-2H3. The number of fused-ring (bicyclic) bond motifs is 2. The van der Waals surface area contributed by atoms with Crippen molar-refractivity contribution in [2.24, 2.45) is 4.99 Å². The van der Waals surface area contributed by atoms with E-state index in [4.69, 9.17) is 0 Å². The number of hydrogen-bond donors (Lipinski definition) is 0. The Morgan fingerprint density at radius 3 is 3.10 bits per heavy atom. The molecule has 0 aliphatic carbocycles. The minimum absolute atomic E-state index is 0.933. The molecule has 2 aliphatic rings. The lowest BCUT2D eigenvalue weighted by Gasteiger charge is -2.17. The van der Waals surface area contributed by atoms with Crippen LogP contribution in [0.25, 0.3) is 15.8 Å². The SMILES string of the molecule is CCC1=C(c2ccc3scc(C)c3c2)N2CCN=C2S1. The van der Waals surface area contributed by atoms with Crippen LogP contribution < -0.4 is 0 Å². The number of nitrogens with zero attached hydrogens (tertiary/aromatic N) is 2. The van der Waals surface area contributed by atoms with Crippen molar-refractivity contribution in [3.05, 3.63) is 39.6 Å². The molecular weight excluding hydrogens is 284 g/mol. The second-order valence-electron chi connectivity index (χ2n) is 5.17. The van der Waals surface area contributed by atoms with Gasteiger partial charge in [0.1, 0.15) is 0 Å². The number of rotatable bonds is 2. The number of aryl methyl sites for hydroxylation is 1.